The summed E-state index contributed by atoms with van der Waals surface area (Å²) in [6.45, 7) is 0. The lowest BCUT2D eigenvalue weighted by Gasteiger charge is -2.20. The fraction of sp³-hybridized carbons (Fsp3) is 0.174. The molecule has 2 aliphatic heterocycles. The number of nitro groups is 1. The van der Waals surface area contributed by atoms with E-state index in [2.05, 4.69) is 5.10 Å². The lowest BCUT2D eigenvalue weighted by atomic mass is 10.1. The van der Waals surface area contributed by atoms with Crippen LogP contribution in [-0.4, -0.2) is 55.8 Å². The third-order valence-corrected chi connectivity index (χ3v) is 8.86. The van der Waals surface area contributed by atoms with Gasteiger partial charge in [-0.15, -0.1) is 0 Å². The average Bonchev–Trinajstić information content (AvgIpc) is 3.49. The molecule has 0 N–H and O–H groups in total. The summed E-state index contributed by atoms with van der Waals surface area (Å²) in [4.78, 5) is 25.8. The minimum Gasteiger partial charge on any atom is -0.289 e. The number of benzene rings is 2. The first-order valence-electron chi connectivity index (χ1n) is 10.6. The number of carbonyl (C=O) groups excluding carboxylic acids is 1. The van der Waals surface area contributed by atoms with Crippen LogP contribution < -0.4 is 0 Å². The molecule has 0 saturated carbocycles. The predicted octanol–water partition coefficient (Wildman–Crippen LogP) is 3.84. The SMILES string of the molecule is O=C1/C(=C\c2cn(-c3ccccc3)nc2-c2cccc([N+](=O)[O-])c2)SC(=S)N1C1CCS(=O)(=O)C1. The number of non-ortho nitro benzene ring substituents is 1. The van der Waals surface area contributed by atoms with Gasteiger partial charge in [-0.05, 0) is 24.6 Å². The van der Waals surface area contributed by atoms with E-state index in [1.165, 1.54) is 17.0 Å². The lowest BCUT2D eigenvalue weighted by Crippen LogP contribution is -2.39. The van der Waals surface area contributed by atoms with Crippen LogP contribution in [-0.2, 0) is 14.6 Å². The van der Waals surface area contributed by atoms with E-state index in [1.807, 2.05) is 30.3 Å². The molecule has 0 bridgehead atoms. The predicted molar refractivity (Wildman–Crippen MR) is 138 cm³/mol. The Kier molecular flexibility index (Phi) is 6.03. The zero-order chi connectivity index (χ0) is 24.7. The number of thiocarbonyl (C=S) groups is 1. The molecule has 178 valence electrons. The molecule has 1 unspecified atom stereocenters. The Morgan fingerprint density at radius 3 is 2.63 bits per heavy atom. The number of carbonyl (C=O) groups is 1. The van der Waals surface area contributed by atoms with E-state index in [0.717, 1.165) is 17.4 Å². The van der Waals surface area contributed by atoms with Gasteiger partial charge in [-0.3, -0.25) is 19.8 Å². The zero-order valence-electron chi connectivity index (χ0n) is 18.1. The van der Waals surface area contributed by atoms with Crippen molar-refractivity contribution in [1.82, 2.24) is 14.7 Å². The molecule has 5 rings (SSSR count). The number of nitrogens with zero attached hydrogens (tertiary/aromatic N) is 4. The molecule has 9 nitrogen and oxygen atoms in total. The molecule has 2 aliphatic rings. The van der Waals surface area contributed by atoms with Gasteiger partial charge in [0.1, 0.15) is 10.0 Å². The maximum Gasteiger partial charge on any atom is 0.270 e. The number of para-hydroxylation sites is 1. The fourth-order valence-electron chi connectivity index (χ4n) is 4.11. The molecular formula is C23H18N4O5S3. The number of thioether (sulfide) groups is 1. The first kappa shape index (κ1) is 23.4. The van der Waals surface area contributed by atoms with Gasteiger partial charge in [-0.1, -0.05) is 54.3 Å². The Morgan fingerprint density at radius 2 is 1.94 bits per heavy atom. The minimum atomic E-state index is -3.19. The Bertz CT molecular complexity index is 1500. The van der Waals surface area contributed by atoms with Crippen LogP contribution in [0.25, 0.3) is 23.0 Å². The molecule has 0 radical (unpaired) electrons. The first-order chi connectivity index (χ1) is 16.7. The second-order valence-electron chi connectivity index (χ2n) is 8.13. The highest BCUT2D eigenvalue weighted by molar-refractivity contribution is 8.26. The summed E-state index contributed by atoms with van der Waals surface area (Å²) in [7, 11) is -3.19. The van der Waals surface area contributed by atoms with Crippen LogP contribution in [0.3, 0.4) is 0 Å². The summed E-state index contributed by atoms with van der Waals surface area (Å²) < 4.78 is 25.8. The number of amides is 1. The molecule has 2 saturated heterocycles. The molecule has 0 aliphatic carbocycles. The van der Waals surface area contributed by atoms with Crippen LogP contribution in [0.15, 0.2) is 65.7 Å². The van der Waals surface area contributed by atoms with Crippen LogP contribution in [0.5, 0.6) is 0 Å². The minimum absolute atomic E-state index is 0.0363. The maximum absolute atomic E-state index is 13.2. The standard InChI is InChI=1S/C23H18N4O5S3/c28-22-20(34-23(33)26(22)19-9-10-35(31,32)14-19)12-16-13-25(17-6-2-1-3-7-17)24-21(16)15-5-4-8-18(11-15)27(29)30/h1-8,11-13,19H,9-10,14H2/b20-12+. The highest BCUT2D eigenvalue weighted by atomic mass is 32.2. The van der Waals surface area contributed by atoms with Crippen LogP contribution in [0, 0.1) is 10.1 Å². The molecular weight excluding hydrogens is 508 g/mol. The van der Waals surface area contributed by atoms with E-state index >= 15 is 0 Å². The Hall–Kier alpha value is -3.35. The molecule has 2 aromatic carbocycles. The van der Waals surface area contributed by atoms with E-state index in [9.17, 15) is 23.3 Å². The maximum atomic E-state index is 13.2. The molecule has 35 heavy (non-hydrogen) atoms. The van der Waals surface area contributed by atoms with Gasteiger partial charge in [0.2, 0.25) is 0 Å². The second kappa shape index (κ2) is 9.02. The number of aromatic nitrogens is 2. The monoisotopic (exact) mass is 526 g/mol. The molecule has 2 fully saturated rings. The van der Waals surface area contributed by atoms with Crippen molar-refractivity contribution in [3.63, 3.8) is 0 Å². The third kappa shape index (κ3) is 4.64. The van der Waals surface area contributed by atoms with Crippen LogP contribution in [0.2, 0.25) is 0 Å². The molecule has 3 heterocycles. The van der Waals surface area contributed by atoms with Crippen molar-refractivity contribution in [3.05, 3.63) is 81.4 Å². The van der Waals surface area contributed by atoms with Crippen LogP contribution in [0.1, 0.15) is 12.0 Å². The highest BCUT2D eigenvalue weighted by Crippen LogP contribution is 2.38. The van der Waals surface area contributed by atoms with Crippen molar-refractivity contribution in [1.29, 1.82) is 0 Å². The summed E-state index contributed by atoms with van der Waals surface area (Å²) in [5.41, 5.74) is 2.27. The van der Waals surface area contributed by atoms with Gasteiger partial charge >= 0.3 is 0 Å². The number of hydrogen-bond donors (Lipinski definition) is 0. The average molecular weight is 527 g/mol. The molecule has 1 atom stereocenters. The second-order valence-corrected chi connectivity index (χ2v) is 12.0. The smallest absolute Gasteiger partial charge is 0.270 e. The Labute approximate surface area is 210 Å². The molecule has 3 aromatic rings. The summed E-state index contributed by atoms with van der Waals surface area (Å²) in [6, 6.07) is 15.0. The van der Waals surface area contributed by atoms with Crippen molar-refractivity contribution in [2.75, 3.05) is 11.5 Å². The highest BCUT2D eigenvalue weighted by Gasteiger charge is 2.42. The van der Waals surface area contributed by atoms with Crippen molar-refractivity contribution in [2.24, 2.45) is 0 Å². The first-order valence-corrected chi connectivity index (χ1v) is 13.6. The van der Waals surface area contributed by atoms with Gasteiger partial charge in [-0.25, -0.2) is 13.1 Å². The lowest BCUT2D eigenvalue weighted by molar-refractivity contribution is -0.384. The van der Waals surface area contributed by atoms with Gasteiger partial charge in [0.25, 0.3) is 11.6 Å². The number of hydrogen-bond acceptors (Lipinski definition) is 8. The fourth-order valence-corrected chi connectivity index (χ4v) is 7.20. The van der Waals surface area contributed by atoms with Gasteiger partial charge < -0.3 is 0 Å². The largest absolute Gasteiger partial charge is 0.289 e. The van der Waals surface area contributed by atoms with E-state index in [4.69, 9.17) is 12.2 Å². The number of sulfone groups is 1. The quantitative estimate of drug-likeness (QED) is 0.213. The van der Waals surface area contributed by atoms with E-state index < -0.39 is 20.8 Å². The van der Waals surface area contributed by atoms with E-state index in [1.54, 1.807) is 29.1 Å². The molecule has 1 aromatic heterocycles. The topological polar surface area (TPSA) is 115 Å². The summed E-state index contributed by atoms with van der Waals surface area (Å²) in [6.07, 6.45) is 3.76. The molecule has 1 amide bonds. The molecule has 12 heteroatoms. The molecule has 0 spiro atoms. The van der Waals surface area contributed by atoms with Crippen LogP contribution >= 0.6 is 24.0 Å². The number of nitro benzene ring substituents is 1. The normalized spacial score (nSPS) is 20.6. The summed E-state index contributed by atoms with van der Waals surface area (Å²) >= 11 is 6.52. The Morgan fingerprint density at radius 1 is 1.17 bits per heavy atom. The van der Waals surface area contributed by atoms with Gasteiger partial charge in [0.15, 0.2) is 9.84 Å². The van der Waals surface area contributed by atoms with Crippen molar-refractivity contribution in [3.8, 4) is 16.9 Å². The number of rotatable bonds is 5. The van der Waals surface area contributed by atoms with Crippen molar-refractivity contribution in [2.45, 2.75) is 12.5 Å². The summed E-state index contributed by atoms with van der Waals surface area (Å²) in [5.74, 6) is -0.411. The third-order valence-electron chi connectivity index (χ3n) is 5.78. The van der Waals surface area contributed by atoms with Crippen molar-refractivity contribution < 1.29 is 18.1 Å². The van der Waals surface area contributed by atoms with E-state index in [-0.39, 0.29) is 23.1 Å². The Balaban J connectivity index is 1.57. The van der Waals surface area contributed by atoms with Crippen LogP contribution in [0.4, 0.5) is 5.69 Å². The van der Waals surface area contributed by atoms with Gasteiger partial charge in [-0.2, -0.15) is 5.10 Å². The van der Waals surface area contributed by atoms with Gasteiger partial charge in [0, 0.05) is 29.5 Å². The van der Waals surface area contributed by atoms with Gasteiger partial charge in [0.05, 0.1) is 33.1 Å². The summed E-state index contributed by atoms with van der Waals surface area (Å²) in [5, 5.41) is 16.0. The zero-order valence-corrected chi connectivity index (χ0v) is 20.6. The van der Waals surface area contributed by atoms with E-state index in [0.29, 0.717) is 32.5 Å². The van der Waals surface area contributed by atoms with Crippen molar-refractivity contribution >= 4 is 55.8 Å².